The molecular formula is C13H22N2O4S. The van der Waals surface area contributed by atoms with Crippen molar-refractivity contribution < 1.29 is 17.9 Å². The van der Waals surface area contributed by atoms with E-state index in [4.69, 9.17) is 20.3 Å². The Balaban J connectivity index is 2.74. The van der Waals surface area contributed by atoms with Gasteiger partial charge in [0.2, 0.25) is 10.0 Å². The molecule has 6 nitrogen and oxygen atoms in total. The predicted octanol–water partition coefficient (Wildman–Crippen LogP) is 1.28. The summed E-state index contributed by atoms with van der Waals surface area (Å²) in [5.41, 5.74) is 6.40. The fraction of sp³-hybridized carbons (Fsp3) is 0.538. The molecule has 0 fully saturated rings. The second kappa shape index (κ2) is 6.92. The maximum absolute atomic E-state index is 11.5. The molecule has 0 bridgehead atoms. The molecule has 7 heteroatoms. The molecule has 0 unspecified atom stereocenters. The highest BCUT2D eigenvalue weighted by Gasteiger charge is 2.16. The van der Waals surface area contributed by atoms with Gasteiger partial charge in [0, 0.05) is 23.9 Å². The second-order valence-corrected chi connectivity index (χ2v) is 6.53. The van der Waals surface area contributed by atoms with Gasteiger partial charge in [-0.1, -0.05) is 13.8 Å². The summed E-state index contributed by atoms with van der Waals surface area (Å²) in [6, 6.07) is 2.90. The Hall–Kier alpha value is -1.31. The Morgan fingerprint density at radius 3 is 2.45 bits per heavy atom. The second-order valence-electron chi connectivity index (χ2n) is 5.00. The van der Waals surface area contributed by atoms with Gasteiger partial charge in [-0.2, -0.15) is 0 Å². The molecule has 20 heavy (non-hydrogen) atoms. The molecule has 0 aliphatic rings. The van der Waals surface area contributed by atoms with E-state index in [-0.39, 0.29) is 10.6 Å². The van der Waals surface area contributed by atoms with E-state index < -0.39 is 10.0 Å². The Labute approximate surface area is 120 Å². The molecule has 0 spiro atoms. The Kier molecular flexibility index (Phi) is 5.79. The van der Waals surface area contributed by atoms with Crippen molar-refractivity contribution in [3.63, 3.8) is 0 Å². The summed E-state index contributed by atoms with van der Waals surface area (Å²) >= 11 is 0. The molecule has 1 aromatic rings. The highest BCUT2D eigenvalue weighted by Crippen LogP contribution is 2.27. The van der Waals surface area contributed by atoms with Crippen LogP contribution < -0.4 is 15.6 Å². The summed E-state index contributed by atoms with van der Waals surface area (Å²) < 4.78 is 33.8. The Morgan fingerprint density at radius 1 is 1.25 bits per heavy atom. The molecule has 0 aliphatic heterocycles. The van der Waals surface area contributed by atoms with Gasteiger partial charge in [-0.15, -0.1) is 0 Å². The van der Waals surface area contributed by atoms with Gasteiger partial charge in [0.15, 0.2) is 0 Å². The molecule has 0 amide bonds. The van der Waals surface area contributed by atoms with Crippen LogP contribution in [0.1, 0.15) is 19.4 Å². The Morgan fingerprint density at radius 2 is 1.90 bits per heavy atom. The normalized spacial score (nSPS) is 11.8. The van der Waals surface area contributed by atoms with E-state index in [9.17, 15) is 8.42 Å². The topological polar surface area (TPSA) is 105 Å². The highest BCUT2D eigenvalue weighted by molar-refractivity contribution is 7.89. The molecule has 0 saturated heterocycles. The van der Waals surface area contributed by atoms with Crippen LogP contribution in [0, 0.1) is 12.8 Å². The third-order valence-electron chi connectivity index (χ3n) is 2.58. The molecule has 0 aromatic heterocycles. The van der Waals surface area contributed by atoms with Gasteiger partial charge in [0.05, 0.1) is 11.5 Å². The third-order valence-corrected chi connectivity index (χ3v) is 3.61. The first-order valence-electron chi connectivity index (χ1n) is 6.35. The van der Waals surface area contributed by atoms with Crippen molar-refractivity contribution in [3.05, 3.63) is 17.7 Å². The molecule has 0 atom stereocenters. The lowest BCUT2D eigenvalue weighted by atomic mass is 10.2. The third kappa shape index (κ3) is 4.99. The average Bonchev–Trinajstić information content (AvgIpc) is 2.30. The number of benzene rings is 1. The number of nitrogen functional groups attached to an aromatic ring is 1. The van der Waals surface area contributed by atoms with Gasteiger partial charge in [0.1, 0.15) is 12.4 Å². The SMILES string of the molecule is Cc1c(OCCOCC(C)C)cc(N)cc1S(N)(=O)=O. The summed E-state index contributed by atoms with van der Waals surface area (Å²) in [6.07, 6.45) is 0. The number of hydrogen-bond acceptors (Lipinski definition) is 5. The van der Waals surface area contributed by atoms with E-state index in [1.807, 2.05) is 0 Å². The molecule has 0 radical (unpaired) electrons. The minimum Gasteiger partial charge on any atom is -0.491 e. The lowest BCUT2D eigenvalue weighted by Crippen LogP contribution is -2.16. The maximum atomic E-state index is 11.5. The quantitative estimate of drug-likeness (QED) is 0.583. The first-order valence-corrected chi connectivity index (χ1v) is 7.90. The van der Waals surface area contributed by atoms with Crippen LogP contribution in [0.25, 0.3) is 0 Å². The molecule has 0 heterocycles. The van der Waals surface area contributed by atoms with Crippen molar-refractivity contribution >= 4 is 15.7 Å². The number of ether oxygens (including phenoxy) is 2. The van der Waals surface area contributed by atoms with E-state index in [1.165, 1.54) is 6.07 Å². The standard InChI is InChI=1S/C13H22N2O4S/c1-9(2)8-18-4-5-19-12-6-11(14)7-13(10(12)3)20(15,16)17/h6-7,9H,4-5,8,14H2,1-3H3,(H2,15,16,17). The van der Waals surface area contributed by atoms with E-state index in [1.54, 1.807) is 13.0 Å². The predicted molar refractivity (Wildman–Crippen MR) is 78.1 cm³/mol. The molecule has 1 aromatic carbocycles. The summed E-state index contributed by atoms with van der Waals surface area (Å²) in [7, 11) is -3.82. The van der Waals surface area contributed by atoms with Gasteiger partial charge < -0.3 is 15.2 Å². The number of hydrogen-bond donors (Lipinski definition) is 2. The molecule has 114 valence electrons. The van der Waals surface area contributed by atoms with Crippen LogP contribution in [0.2, 0.25) is 0 Å². The lowest BCUT2D eigenvalue weighted by molar-refractivity contribution is 0.0816. The van der Waals surface area contributed by atoms with Crippen molar-refractivity contribution in [2.24, 2.45) is 11.1 Å². The largest absolute Gasteiger partial charge is 0.491 e. The minimum atomic E-state index is -3.82. The van der Waals surface area contributed by atoms with E-state index in [0.29, 0.717) is 37.1 Å². The summed E-state index contributed by atoms with van der Waals surface area (Å²) in [6.45, 7) is 7.14. The number of rotatable bonds is 7. The van der Waals surface area contributed by atoms with Crippen LogP contribution in [0.15, 0.2) is 17.0 Å². The molecule has 0 aliphatic carbocycles. The number of sulfonamides is 1. The number of anilines is 1. The van der Waals surface area contributed by atoms with Gasteiger partial charge in [0.25, 0.3) is 0 Å². The fourth-order valence-electron chi connectivity index (χ4n) is 1.66. The molecule has 4 N–H and O–H groups in total. The van der Waals surface area contributed by atoms with Crippen molar-refractivity contribution in [3.8, 4) is 5.75 Å². The van der Waals surface area contributed by atoms with Crippen molar-refractivity contribution in [1.82, 2.24) is 0 Å². The van der Waals surface area contributed by atoms with Gasteiger partial charge >= 0.3 is 0 Å². The van der Waals surface area contributed by atoms with Crippen LogP contribution >= 0.6 is 0 Å². The minimum absolute atomic E-state index is 0.0180. The zero-order chi connectivity index (χ0) is 15.3. The monoisotopic (exact) mass is 302 g/mol. The molecule has 0 saturated carbocycles. The van der Waals surface area contributed by atoms with Crippen molar-refractivity contribution in [1.29, 1.82) is 0 Å². The summed E-state index contributed by atoms with van der Waals surface area (Å²) in [5, 5.41) is 5.14. The molecule has 1 rings (SSSR count). The zero-order valence-electron chi connectivity index (χ0n) is 12.0. The van der Waals surface area contributed by atoms with Crippen LogP contribution in [0.3, 0.4) is 0 Å². The van der Waals surface area contributed by atoms with Crippen molar-refractivity contribution in [2.45, 2.75) is 25.7 Å². The van der Waals surface area contributed by atoms with E-state index in [2.05, 4.69) is 13.8 Å². The van der Waals surface area contributed by atoms with Crippen LogP contribution in [0.4, 0.5) is 5.69 Å². The summed E-state index contributed by atoms with van der Waals surface area (Å²) in [4.78, 5) is -0.0180. The Bertz CT molecular complexity index is 556. The molecular weight excluding hydrogens is 280 g/mol. The van der Waals surface area contributed by atoms with Gasteiger partial charge in [-0.05, 0) is 18.9 Å². The zero-order valence-corrected chi connectivity index (χ0v) is 12.9. The van der Waals surface area contributed by atoms with Gasteiger partial charge in [-0.3, -0.25) is 0 Å². The number of nitrogens with two attached hydrogens (primary N) is 2. The van der Waals surface area contributed by atoms with Gasteiger partial charge in [-0.25, -0.2) is 13.6 Å². The maximum Gasteiger partial charge on any atom is 0.238 e. The fourth-order valence-corrected chi connectivity index (χ4v) is 2.49. The van der Waals surface area contributed by atoms with Crippen LogP contribution in [0.5, 0.6) is 5.75 Å². The lowest BCUT2D eigenvalue weighted by Gasteiger charge is -2.13. The van der Waals surface area contributed by atoms with Crippen LogP contribution in [-0.2, 0) is 14.8 Å². The van der Waals surface area contributed by atoms with E-state index in [0.717, 1.165) is 0 Å². The summed E-state index contributed by atoms with van der Waals surface area (Å²) in [5.74, 6) is 0.861. The van der Waals surface area contributed by atoms with Crippen molar-refractivity contribution in [2.75, 3.05) is 25.6 Å². The first-order chi connectivity index (χ1) is 9.21. The van der Waals surface area contributed by atoms with E-state index >= 15 is 0 Å². The smallest absolute Gasteiger partial charge is 0.238 e. The average molecular weight is 302 g/mol. The van der Waals surface area contributed by atoms with Crippen LogP contribution in [-0.4, -0.2) is 28.2 Å². The first kappa shape index (κ1) is 16.7. The highest BCUT2D eigenvalue weighted by atomic mass is 32.2. The number of primary sulfonamides is 1.